The lowest BCUT2D eigenvalue weighted by molar-refractivity contribution is 0.286. The first-order chi connectivity index (χ1) is 6.86. The van der Waals surface area contributed by atoms with E-state index in [9.17, 15) is 4.39 Å². The molecule has 82 valence electrons. The molecule has 0 spiro atoms. The SMILES string of the molecule is Cl.Fc1ccccc1CN1CC=CCC1. The minimum absolute atomic E-state index is 0. The van der Waals surface area contributed by atoms with Crippen LogP contribution in [-0.4, -0.2) is 18.0 Å². The van der Waals surface area contributed by atoms with E-state index in [1.54, 1.807) is 6.07 Å². The quantitative estimate of drug-likeness (QED) is 0.703. The molecule has 15 heavy (non-hydrogen) atoms. The van der Waals surface area contributed by atoms with Gasteiger partial charge in [0.2, 0.25) is 0 Å². The van der Waals surface area contributed by atoms with Crippen LogP contribution in [0.3, 0.4) is 0 Å². The van der Waals surface area contributed by atoms with Gasteiger partial charge in [-0.25, -0.2) is 4.39 Å². The van der Waals surface area contributed by atoms with Crippen molar-refractivity contribution in [3.63, 3.8) is 0 Å². The van der Waals surface area contributed by atoms with E-state index < -0.39 is 0 Å². The molecule has 1 aromatic rings. The van der Waals surface area contributed by atoms with Crippen LogP contribution in [0, 0.1) is 5.82 Å². The van der Waals surface area contributed by atoms with Gasteiger partial charge in [-0.2, -0.15) is 0 Å². The molecule has 0 radical (unpaired) electrons. The minimum atomic E-state index is -0.0953. The maximum absolute atomic E-state index is 13.3. The second-order valence-corrected chi connectivity index (χ2v) is 3.59. The van der Waals surface area contributed by atoms with Gasteiger partial charge >= 0.3 is 0 Å². The smallest absolute Gasteiger partial charge is 0.127 e. The van der Waals surface area contributed by atoms with E-state index in [1.807, 2.05) is 12.1 Å². The molecule has 0 saturated heterocycles. The summed E-state index contributed by atoms with van der Waals surface area (Å²) in [5.74, 6) is -0.0953. The maximum Gasteiger partial charge on any atom is 0.127 e. The first-order valence-electron chi connectivity index (χ1n) is 4.97. The van der Waals surface area contributed by atoms with Crippen LogP contribution < -0.4 is 0 Å². The molecule has 0 aliphatic carbocycles. The molecule has 0 bridgehead atoms. The highest BCUT2D eigenvalue weighted by atomic mass is 35.5. The zero-order valence-corrected chi connectivity index (χ0v) is 9.34. The number of rotatable bonds is 2. The van der Waals surface area contributed by atoms with Crippen molar-refractivity contribution >= 4 is 12.4 Å². The van der Waals surface area contributed by atoms with Gasteiger partial charge in [0.05, 0.1) is 0 Å². The molecule has 2 rings (SSSR count). The van der Waals surface area contributed by atoms with Crippen molar-refractivity contribution in [1.82, 2.24) is 4.90 Å². The lowest BCUT2D eigenvalue weighted by atomic mass is 10.1. The molecule has 0 aromatic heterocycles. The van der Waals surface area contributed by atoms with E-state index in [1.165, 1.54) is 6.07 Å². The molecule has 3 heteroatoms. The Morgan fingerprint density at radius 1 is 1.20 bits per heavy atom. The van der Waals surface area contributed by atoms with Crippen molar-refractivity contribution in [2.75, 3.05) is 13.1 Å². The van der Waals surface area contributed by atoms with E-state index in [-0.39, 0.29) is 18.2 Å². The summed E-state index contributed by atoms with van der Waals surface area (Å²) in [7, 11) is 0. The van der Waals surface area contributed by atoms with Gasteiger partial charge in [0.15, 0.2) is 0 Å². The fourth-order valence-electron chi connectivity index (χ4n) is 1.70. The van der Waals surface area contributed by atoms with Crippen LogP contribution in [0.5, 0.6) is 0 Å². The summed E-state index contributed by atoms with van der Waals surface area (Å²) in [6.45, 7) is 2.69. The van der Waals surface area contributed by atoms with Gasteiger partial charge < -0.3 is 0 Å². The minimum Gasteiger partial charge on any atom is -0.295 e. The molecule has 0 unspecified atom stereocenters. The highest BCUT2D eigenvalue weighted by molar-refractivity contribution is 5.85. The Kier molecular flexibility index (Phi) is 4.79. The van der Waals surface area contributed by atoms with Gasteiger partial charge in [-0.15, -0.1) is 12.4 Å². The van der Waals surface area contributed by atoms with E-state index in [4.69, 9.17) is 0 Å². The summed E-state index contributed by atoms with van der Waals surface area (Å²) in [4.78, 5) is 2.25. The third-order valence-corrected chi connectivity index (χ3v) is 2.49. The van der Waals surface area contributed by atoms with Crippen molar-refractivity contribution in [3.8, 4) is 0 Å². The average Bonchev–Trinajstić information content (AvgIpc) is 2.23. The summed E-state index contributed by atoms with van der Waals surface area (Å²) in [5.41, 5.74) is 0.794. The molecule has 0 N–H and O–H groups in total. The molecule has 0 fully saturated rings. The predicted octanol–water partition coefficient (Wildman–Crippen LogP) is 3.01. The van der Waals surface area contributed by atoms with Gasteiger partial charge in [0.1, 0.15) is 5.82 Å². The molecule has 0 amide bonds. The summed E-state index contributed by atoms with van der Waals surface area (Å²) >= 11 is 0. The van der Waals surface area contributed by atoms with Crippen molar-refractivity contribution in [1.29, 1.82) is 0 Å². The van der Waals surface area contributed by atoms with Gasteiger partial charge in [-0.3, -0.25) is 4.90 Å². The predicted molar refractivity (Wildman–Crippen MR) is 62.7 cm³/mol. The van der Waals surface area contributed by atoms with E-state index in [2.05, 4.69) is 17.1 Å². The average molecular weight is 228 g/mol. The largest absolute Gasteiger partial charge is 0.295 e. The van der Waals surface area contributed by atoms with Crippen LogP contribution in [0.25, 0.3) is 0 Å². The Morgan fingerprint density at radius 2 is 2.00 bits per heavy atom. The topological polar surface area (TPSA) is 3.24 Å². The fraction of sp³-hybridized carbons (Fsp3) is 0.333. The molecule has 1 aliphatic heterocycles. The van der Waals surface area contributed by atoms with Crippen molar-refractivity contribution in [2.45, 2.75) is 13.0 Å². The van der Waals surface area contributed by atoms with E-state index in [0.717, 1.165) is 31.6 Å². The van der Waals surface area contributed by atoms with Crippen LogP contribution in [-0.2, 0) is 6.54 Å². The Hall–Kier alpha value is -0.860. The summed E-state index contributed by atoms with van der Waals surface area (Å²) < 4.78 is 13.3. The first kappa shape index (κ1) is 12.2. The number of halogens is 2. The van der Waals surface area contributed by atoms with Gasteiger partial charge in [0.25, 0.3) is 0 Å². The summed E-state index contributed by atoms with van der Waals surface area (Å²) in [6.07, 6.45) is 5.40. The van der Waals surface area contributed by atoms with Gasteiger partial charge in [-0.05, 0) is 12.5 Å². The zero-order valence-electron chi connectivity index (χ0n) is 8.53. The molecule has 1 heterocycles. The number of hydrogen-bond donors (Lipinski definition) is 0. The Balaban J connectivity index is 0.00000112. The number of nitrogens with zero attached hydrogens (tertiary/aromatic N) is 1. The Labute approximate surface area is 96.0 Å². The van der Waals surface area contributed by atoms with Crippen LogP contribution in [0.4, 0.5) is 4.39 Å². The fourth-order valence-corrected chi connectivity index (χ4v) is 1.70. The van der Waals surface area contributed by atoms with Crippen LogP contribution in [0.15, 0.2) is 36.4 Å². The highest BCUT2D eigenvalue weighted by Crippen LogP contribution is 2.11. The Bertz CT molecular complexity index is 338. The lowest BCUT2D eigenvalue weighted by Crippen LogP contribution is -2.26. The summed E-state index contributed by atoms with van der Waals surface area (Å²) in [6, 6.07) is 7.00. The molecule has 0 saturated carbocycles. The third-order valence-electron chi connectivity index (χ3n) is 2.49. The van der Waals surface area contributed by atoms with E-state index in [0.29, 0.717) is 0 Å². The molecular formula is C12H15ClFN. The molecule has 1 aromatic carbocycles. The van der Waals surface area contributed by atoms with Crippen LogP contribution in [0.2, 0.25) is 0 Å². The van der Waals surface area contributed by atoms with Crippen molar-refractivity contribution in [3.05, 3.63) is 47.8 Å². The molecular weight excluding hydrogens is 213 g/mol. The normalized spacial score (nSPS) is 16.1. The zero-order chi connectivity index (χ0) is 9.80. The second-order valence-electron chi connectivity index (χ2n) is 3.59. The van der Waals surface area contributed by atoms with Crippen LogP contribution >= 0.6 is 12.4 Å². The number of benzene rings is 1. The van der Waals surface area contributed by atoms with E-state index >= 15 is 0 Å². The lowest BCUT2D eigenvalue weighted by Gasteiger charge is -2.23. The highest BCUT2D eigenvalue weighted by Gasteiger charge is 2.08. The molecule has 1 nitrogen and oxygen atoms in total. The maximum atomic E-state index is 13.3. The standard InChI is InChI=1S/C12H14FN.ClH/c13-12-7-3-2-6-11(12)10-14-8-4-1-5-9-14;/h1-4,6-7H,5,8-10H2;1H. The van der Waals surface area contributed by atoms with Gasteiger partial charge in [-0.1, -0.05) is 30.4 Å². The first-order valence-corrected chi connectivity index (χ1v) is 4.97. The number of hydrogen-bond acceptors (Lipinski definition) is 1. The van der Waals surface area contributed by atoms with Crippen molar-refractivity contribution < 1.29 is 4.39 Å². The molecule has 0 atom stereocenters. The molecule has 1 aliphatic rings. The monoisotopic (exact) mass is 227 g/mol. The Morgan fingerprint density at radius 3 is 2.67 bits per heavy atom. The second kappa shape index (κ2) is 5.89. The summed E-state index contributed by atoms with van der Waals surface area (Å²) in [5, 5.41) is 0. The van der Waals surface area contributed by atoms with Crippen molar-refractivity contribution in [2.24, 2.45) is 0 Å². The van der Waals surface area contributed by atoms with Crippen LogP contribution in [0.1, 0.15) is 12.0 Å². The third kappa shape index (κ3) is 3.33. The van der Waals surface area contributed by atoms with Gasteiger partial charge in [0, 0.05) is 25.2 Å².